The summed E-state index contributed by atoms with van der Waals surface area (Å²) in [6.07, 6.45) is 1.15. The van der Waals surface area contributed by atoms with Gasteiger partial charge in [0.25, 0.3) is 10.0 Å². The standard InChI is InChI=1S/C11H8Cl2IN3O2S/c12-6-1-2-10(9(14)3-6)17-20(18,19)7-4-8(13)11(15)16-5-7/h1-5,17H,(H2,15,16). The first-order valence-electron chi connectivity index (χ1n) is 5.18. The van der Waals surface area contributed by atoms with Gasteiger partial charge in [-0.1, -0.05) is 23.2 Å². The van der Waals surface area contributed by atoms with E-state index in [1.54, 1.807) is 18.2 Å². The van der Waals surface area contributed by atoms with Crippen LogP contribution in [0.3, 0.4) is 0 Å². The summed E-state index contributed by atoms with van der Waals surface area (Å²) in [5, 5.41) is 0.605. The lowest BCUT2D eigenvalue weighted by atomic mass is 10.3. The molecule has 0 saturated heterocycles. The van der Waals surface area contributed by atoms with E-state index in [4.69, 9.17) is 28.9 Å². The van der Waals surface area contributed by atoms with Crippen molar-refractivity contribution < 1.29 is 8.42 Å². The molecule has 0 unspecified atom stereocenters. The van der Waals surface area contributed by atoms with Crippen molar-refractivity contribution in [2.75, 3.05) is 10.5 Å². The number of halogens is 3. The molecular weight excluding hydrogens is 436 g/mol. The third kappa shape index (κ3) is 3.46. The number of nitrogen functional groups attached to an aromatic ring is 1. The fraction of sp³-hybridized carbons (Fsp3) is 0. The highest BCUT2D eigenvalue weighted by molar-refractivity contribution is 14.1. The van der Waals surface area contributed by atoms with Crippen LogP contribution in [-0.2, 0) is 10.0 Å². The number of rotatable bonds is 3. The first-order valence-corrected chi connectivity index (χ1v) is 8.50. The van der Waals surface area contributed by atoms with E-state index in [2.05, 4.69) is 9.71 Å². The lowest BCUT2D eigenvalue weighted by Crippen LogP contribution is -2.14. The molecule has 9 heteroatoms. The largest absolute Gasteiger partial charge is 0.382 e. The van der Waals surface area contributed by atoms with Crippen LogP contribution < -0.4 is 10.5 Å². The molecule has 1 heterocycles. The summed E-state index contributed by atoms with van der Waals surface area (Å²) in [4.78, 5) is 3.66. The zero-order chi connectivity index (χ0) is 14.9. The highest BCUT2D eigenvalue weighted by atomic mass is 127. The van der Waals surface area contributed by atoms with Gasteiger partial charge in [-0.15, -0.1) is 0 Å². The lowest BCUT2D eigenvalue weighted by molar-refractivity contribution is 0.601. The lowest BCUT2D eigenvalue weighted by Gasteiger charge is -2.10. The molecule has 0 fully saturated rings. The van der Waals surface area contributed by atoms with Crippen LogP contribution in [0.25, 0.3) is 0 Å². The average molecular weight is 444 g/mol. The minimum absolute atomic E-state index is 0.0672. The Balaban J connectivity index is 2.38. The highest BCUT2D eigenvalue weighted by Gasteiger charge is 2.17. The number of hydrogen-bond donors (Lipinski definition) is 2. The van der Waals surface area contributed by atoms with Crippen molar-refractivity contribution in [3.63, 3.8) is 0 Å². The van der Waals surface area contributed by atoms with E-state index in [9.17, 15) is 8.42 Å². The van der Waals surface area contributed by atoms with Crippen molar-refractivity contribution in [3.05, 3.63) is 44.1 Å². The summed E-state index contributed by atoms with van der Waals surface area (Å²) >= 11 is 13.6. The van der Waals surface area contributed by atoms with E-state index in [-0.39, 0.29) is 15.7 Å². The predicted octanol–water partition coefficient (Wildman–Crippen LogP) is 3.38. The molecule has 0 saturated carbocycles. The number of hydrogen-bond acceptors (Lipinski definition) is 4. The maximum absolute atomic E-state index is 12.2. The van der Waals surface area contributed by atoms with Crippen molar-refractivity contribution in [2.45, 2.75) is 4.90 Å². The van der Waals surface area contributed by atoms with Gasteiger partial charge in [0.1, 0.15) is 10.7 Å². The van der Waals surface area contributed by atoms with E-state index in [1.165, 1.54) is 6.07 Å². The summed E-state index contributed by atoms with van der Waals surface area (Å²) in [5.41, 5.74) is 5.87. The number of nitrogens with two attached hydrogens (primary N) is 1. The van der Waals surface area contributed by atoms with Gasteiger partial charge in [-0.05, 0) is 46.9 Å². The number of nitrogens with zero attached hydrogens (tertiary/aromatic N) is 1. The van der Waals surface area contributed by atoms with Crippen LogP contribution in [0.15, 0.2) is 35.4 Å². The Hall–Kier alpha value is -0.770. The average Bonchev–Trinajstić information content (AvgIpc) is 2.36. The molecule has 1 aromatic heterocycles. The summed E-state index contributed by atoms with van der Waals surface area (Å²) in [7, 11) is -3.79. The van der Waals surface area contributed by atoms with Crippen molar-refractivity contribution in [2.24, 2.45) is 0 Å². The fourth-order valence-electron chi connectivity index (χ4n) is 1.35. The number of anilines is 2. The van der Waals surface area contributed by atoms with Crippen molar-refractivity contribution in [3.8, 4) is 0 Å². The molecule has 0 aliphatic heterocycles. The number of nitrogens with one attached hydrogen (secondary N) is 1. The van der Waals surface area contributed by atoms with E-state index in [1.807, 2.05) is 22.6 Å². The van der Waals surface area contributed by atoms with Gasteiger partial charge >= 0.3 is 0 Å². The van der Waals surface area contributed by atoms with E-state index < -0.39 is 10.0 Å². The van der Waals surface area contributed by atoms with Crippen LogP contribution in [0.1, 0.15) is 0 Å². The molecule has 0 radical (unpaired) electrons. The van der Waals surface area contributed by atoms with Gasteiger partial charge < -0.3 is 5.73 Å². The molecule has 2 aromatic rings. The summed E-state index contributed by atoms with van der Waals surface area (Å²) in [5.74, 6) is 0.0756. The summed E-state index contributed by atoms with van der Waals surface area (Å²) in [6, 6.07) is 6.06. The van der Waals surface area contributed by atoms with E-state index in [0.29, 0.717) is 14.3 Å². The molecule has 2 rings (SSSR count). The maximum Gasteiger partial charge on any atom is 0.263 e. The molecule has 1 aromatic carbocycles. The molecule has 0 atom stereocenters. The predicted molar refractivity (Wildman–Crippen MR) is 88.6 cm³/mol. The Morgan fingerprint density at radius 3 is 2.55 bits per heavy atom. The molecule has 0 bridgehead atoms. The highest BCUT2D eigenvalue weighted by Crippen LogP contribution is 2.26. The molecule has 0 spiro atoms. The van der Waals surface area contributed by atoms with Crippen molar-refractivity contribution in [1.82, 2.24) is 4.98 Å². The van der Waals surface area contributed by atoms with Gasteiger partial charge in [-0.3, -0.25) is 4.72 Å². The number of aromatic nitrogens is 1. The molecule has 106 valence electrons. The van der Waals surface area contributed by atoms with E-state index >= 15 is 0 Å². The normalized spacial score (nSPS) is 11.3. The van der Waals surface area contributed by atoms with Gasteiger partial charge in [-0.25, -0.2) is 13.4 Å². The van der Waals surface area contributed by atoms with Crippen LogP contribution in [0, 0.1) is 3.57 Å². The van der Waals surface area contributed by atoms with Gasteiger partial charge in [0.05, 0.1) is 10.7 Å². The first-order chi connectivity index (χ1) is 9.29. The molecule has 0 aliphatic carbocycles. The smallest absolute Gasteiger partial charge is 0.263 e. The van der Waals surface area contributed by atoms with Crippen LogP contribution in [-0.4, -0.2) is 13.4 Å². The van der Waals surface area contributed by atoms with Gasteiger partial charge in [0, 0.05) is 14.8 Å². The van der Waals surface area contributed by atoms with Gasteiger partial charge in [0.15, 0.2) is 0 Å². The van der Waals surface area contributed by atoms with Crippen LogP contribution in [0.2, 0.25) is 10.0 Å². The van der Waals surface area contributed by atoms with Crippen LogP contribution in [0.4, 0.5) is 11.5 Å². The molecule has 3 N–H and O–H groups in total. The minimum Gasteiger partial charge on any atom is -0.382 e. The zero-order valence-electron chi connectivity index (χ0n) is 9.77. The Kier molecular flexibility index (Phi) is 4.62. The molecule has 0 amide bonds. The van der Waals surface area contributed by atoms with Crippen LogP contribution >= 0.6 is 45.8 Å². The second-order valence-electron chi connectivity index (χ2n) is 3.77. The number of benzene rings is 1. The topological polar surface area (TPSA) is 85.1 Å². The van der Waals surface area contributed by atoms with Gasteiger partial charge in [0.2, 0.25) is 0 Å². The van der Waals surface area contributed by atoms with Crippen molar-refractivity contribution >= 4 is 67.3 Å². The van der Waals surface area contributed by atoms with E-state index in [0.717, 1.165) is 6.20 Å². The Labute approximate surface area is 139 Å². The quantitative estimate of drug-likeness (QED) is 0.712. The zero-order valence-corrected chi connectivity index (χ0v) is 14.3. The SMILES string of the molecule is Nc1ncc(S(=O)(=O)Nc2ccc(Cl)cc2I)cc1Cl. The van der Waals surface area contributed by atoms with Crippen molar-refractivity contribution in [1.29, 1.82) is 0 Å². The first kappa shape index (κ1) is 15.6. The summed E-state index contributed by atoms with van der Waals surface area (Å²) < 4.78 is 27.5. The second-order valence-corrected chi connectivity index (χ2v) is 7.46. The Morgan fingerprint density at radius 1 is 1.25 bits per heavy atom. The molecular formula is C11H8Cl2IN3O2S. The second kappa shape index (κ2) is 5.92. The molecule has 0 aliphatic rings. The van der Waals surface area contributed by atoms with Crippen LogP contribution in [0.5, 0.6) is 0 Å². The number of pyridine rings is 1. The number of sulfonamides is 1. The Morgan fingerprint density at radius 2 is 1.95 bits per heavy atom. The molecule has 20 heavy (non-hydrogen) atoms. The van der Waals surface area contributed by atoms with Gasteiger partial charge in [-0.2, -0.15) is 0 Å². The minimum atomic E-state index is -3.79. The maximum atomic E-state index is 12.2. The monoisotopic (exact) mass is 443 g/mol. The molecule has 5 nitrogen and oxygen atoms in total. The summed E-state index contributed by atoms with van der Waals surface area (Å²) in [6.45, 7) is 0. The third-order valence-corrected chi connectivity index (χ3v) is 5.09. The third-order valence-electron chi connectivity index (χ3n) is 2.33. The fourth-order valence-corrected chi connectivity index (χ4v) is 3.82. The Bertz CT molecular complexity index is 768.